The molecule has 5 N–H and O–H groups in total. The second-order valence-corrected chi connectivity index (χ2v) is 18.8. The highest BCUT2D eigenvalue weighted by Crippen LogP contribution is 2.46. The lowest BCUT2D eigenvalue weighted by atomic mass is 9.81. The second kappa shape index (κ2) is 22.0. The van der Waals surface area contributed by atoms with Crippen LogP contribution in [0.2, 0.25) is 0 Å². The Morgan fingerprint density at radius 2 is 1.61 bits per heavy atom. The zero-order valence-corrected chi connectivity index (χ0v) is 40.3. The third kappa shape index (κ3) is 10.8. The van der Waals surface area contributed by atoms with Gasteiger partial charge in [0, 0.05) is 92.5 Å². The summed E-state index contributed by atoms with van der Waals surface area (Å²) in [6.07, 6.45) is 4.85. The van der Waals surface area contributed by atoms with Gasteiger partial charge in [-0.3, -0.25) is 43.3 Å². The van der Waals surface area contributed by atoms with Crippen LogP contribution in [-0.2, 0) is 74.7 Å². The van der Waals surface area contributed by atoms with Crippen LogP contribution in [0.25, 0.3) is 22.3 Å². The molecule has 378 valence electrons. The number of hydrogen-bond donors (Lipinski definition) is 5. The summed E-state index contributed by atoms with van der Waals surface area (Å²) in [5, 5.41) is 23.9. The number of aliphatic hydroxyl groups is 1. The number of ether oxygens (including phenoxy) is 1. The summed E-state index contributed by atoms with van der Waals surface area (Å²) in [5.41, 5.74) is 3.01. The summed E-state index contributed by atoms with van der Waals surface area (Å²) in [7, 11) is 0. The standard InChI is InChI=1S/C53H58FN7O11/c1-3-53(71)36-25-41-50-34(28-61(41)51(69)35(36)29-72-52(53)70)49-38(15-14-33-30(2)37(54)26-40(59-50)48(33)49)55-21-22-56-44(65)18-16-42(63)39(24-31-10-6-4-7-11-31)58-45(66)17-13-32(62)27-57-43(64)12-8-5-9-23-60-46(67)19-20-47(60)68/h4,6-7,10-11,19-20,25-26,38-39,55,71H,3,5,8-9,12-18,21-24,27-29H2,1-2H3,(H,56,65)(H,57,64)(H,58,66)/t38-,39-,53-/m0/s1. The number of carbonyl (C=O) groups excluding carboxylic acids is 8. The Labute approximate surface area is 414 Å². The van der Waals surface area contributed by atoms with Crippen LogP contribution >= 0.6 is 0 Å². The van der Waals surface area contributed by atoms with Crippen LogP contribution < -0.4 is 26.8 Å². The smallest absolute Gasteiger partial charge is 0.343 e. The molecule has 18 nitrogen and oxygen atoms in total. The number of Topliss-reactive ketones (excluding diaryl/α,β-unsaturated/α-hetero) is 2. The molecule has 0 saturated carbocycles. The lowest BCUT2D eigenvalue weighted by molar-refractivity contribution is -0.172. The molecule has 0 saturated heterocycles. The van der Waals surface area contributed by atoms with Gasteiger partial charge in [0.15, 0.2) is 17.2 Å². The summed E-state index contributed by atoms with van der Waals surface area (Å²) in [4.78, 5) is 121. The Balaban J connectivity index is 0.829. The number of ketones is 2. The molecule has 0 fully saturated rings. The van der Waals surface area contributed by atoms with Gasteiger partial charge >= 0.3 is 5.97 Å². The van der Waals surface area contributed by atoms with E-state index in [2.05, 4.69) is 21.3 Å². The Kier molecular flexibility index (Phi) is 15.6. The summed E-state index contributed by atoms with van der Waals surface area (Å²) < 4.78 is 22.2. The number of unbranched alkanes of at least 4 members (excludes halogenated alkanes) is 2. The zero-order chi connectivity index (χ0) is 51.3. The summed E-state index contributed by atoms with van der Waals surface area (Å²) >= 11 is 0. The van der Waals surface area contributed by atoms with Crippen LogP contribution in [0.5, 0.6) is 0 Å². The number of hydrogen-bond acceptors (Lipinski definition) is 13. The molecular weight excluding hydrogens is 930 g/mol. The zero-order valence-electron chi connectivity index (χ0n) is 40.3. The third-order valence-corrected chi connectivity index (χ3v) is 14.1. The van der Waals surface area contributed by atoms with E-state index in [0.29, 0.717) is 61.1 Å². The first-order chi connectivity index (χ1) is 34.6. The first kappa shape index (κ1) is 51.1. The number of fused-ring (bicyclic) bond motifs is 5. The van der Waals surface area contributed by atoms with E-state index < -0.39 is 34.9 Å². The number of pyridine rings is 2. The molecule has 0 unspecified atom stereocenters. The molecule has 5 heterocycles. The second-order valence-electron chi connectivity index (χ2n) is 18.8. The molecule has 3 aliphatic heterocycles. The van der Waals surface area contributed by atoms with Crippen molar-refractivity contribution in [3.05, 3.63) is 110 Å². The summed E-state index contributed by atoms with van der Waals surface area (Å²) in [5.74, 6) is -3.92. The molecule has 5 amide bonds. The molecule has 8 rings (SSSR count). The minimum atomic E-state index is -2.01. The van der Waals surface area contributed by atoms with Crippen molar-refractivity contribution in [2.75, 3.05) is 26.2 Å². The largest absolute Gasteiger partial charge is 0.458 e. The Morgan fingerprint density at radius 1 is 0.875 bits per heavy atom. The topological polar surface area (TPSA) is 252 Å². The first-order valence-electron chi connectivity index (χ1n) is 24.6. The fourth-order valence-electron chi connectivity index (χ4n) is 10.1. The molecule has 4 aromatic rings. The minimum absolute atomic E-state index is 0.0119. The van der Waals surface area contributed by atoms with Gasteiger partial charge in [-0.25, -0.2) is 14.2 Å². The normalized spacial score (nSPS) is 17.8. The van der Waals surface area contributed by atoms with Gasteiger partial charge in [-0.1, -0.05) is 43.7 Å². The van der Waals surface area contributed by atoms with Gasteiger partial charge in [0.05, 0.1) is 41.6 Å². The van der Waals surface area contributed by atoms with Crippen molar-refractivity contribution in [2.45, 2.75) is 122 Å². The van der Waals surface area contributed by atoms with Crippen molar-refractivity contribution < 1.29 is 52.6 Å². The Hall–Kier alpha value is -7.25. The monoisotopic (exact) mass is 987 g/mol. The van der Waals surface area contributed by atoms with Crippen molar-refractivity contribution in [1.29, 1.82) is 0 Å². The van der Waals surface area contributed by atoms with Crippen LogP contribution in [0.4, 0.5) is 4.39 Å². The van der Waals surface area contributed by atoms with Crippen LogP contribution in [0.15, 0.2) is 59.4 Å². The van der Waals surface area contributed by atoms with Gasteiger partial charge in [-0.2, -0.15) is 0 Å². The molecule has 2 aromatic carbocycles. The molecule has 0 bridgehead atoms. The number of carbonyl (C=O) groups is 8. The molecule has 2 aromatic heterocycles. The molecule has 19 heteroatoms. The fourth-order valence-corrected chi connectivity index (χ4v) is 10.1. The minimum Gasteiger partial charge on any atom is -0.458 e. The van der Waals surface area contributed by atoms with Crippen molar-refractivity contribution in [1.82, 2.24) is 35.7 Å². The third-order valence-electron chi connectivity index (χ3n) is 14.1. The number of esters is 1. The number of rotatable bonds is 23. The van der Waals surface area contributed by atoms with E-state index in [1.54, 1.807) is 36.6 Å². The lowest BCUT2D eigenvalue weighted by Crippen LogP contribution is -2.44. The SMILES string of the molecule is CC[C@@]1(O)C(=O)OCc2c1cc1n(c2=O)Cc2c-1nc1cc(F)c(C)c3c1c2[C@@H](NCCNC(=O)CCC(=O)[C@H](Cc1ccccc1)NC(=O)CCC(=O)CNC(=O)CCCCCN1C(=O)C=CC1=O)CC3. The van der Waals surface area contributed by atoms with Gasteiger partial charge in [-0.15, -0.1) is 0 Å². The lowest BCUT2D eigenvalue weighted by Gasteiger charge is -2.31. The highest BCUT2D eigenvalue weighted by Gasteiger charge is 2.46. The maximum Gasteiger partial charge on any atom is 0.343 e. The van der Waals surface area contributed by atoms with Crippen LogP contribution in [0.3, 0.4) is 0 Å². The molecule has 0 spiro atoms. The van der Waals surface area contributed by atoms with E-state index >= 15 is 4.39 Å². The number of imide groups is 1. The number of nitrogens with zero attached hydrogens (tertiary/aromatic N) is 3. The van der Waals surface area contributed by atoms with Crippen molar-refractivity contribution in [2.24, 2.45) is 0 Å². The Morgan fingerprint density at radius 3 is 2.36 bits per heavy atom. The number of benzene rings is 2. The highest BCUT2D eigenvalue weighted by molar-refractivity contribution is 6.12. The van der Waals surface area contributed by atoms with Crippen molar-refractivity contribution >= 4 is 58.0 Å². The molecule has 1 aliphatic carbocycles. The maximum absolute atomic E-state index is 15.4. The van der Waals surface area contributed by atoms with Gasteiger partial charge in [0.2, 0.25) is 17.7 Å². The van der Waals surface area contributed by atoms with Crippen LogP contribution in [0, 0.1) is 12.7 Å². The first-order valence-corrected chi connectivity index (χ1v) is 24.6. The van der Waals surface area contributed by atoms with E-state index in [1.165, 1.54) is 18.2 Å². The van der Waals surface area contributed by atoms with E-state index in [9.17, 15) is 48.3 Å². The van der Waals surface area contributed by atoms with Gasteiger partial charge in [0.25, 0.3) is 17.4 Å². The Bertz CT molecular complexity index is 2950. The molecule has 0 radical (unpaired) electrons. The number of cyclic esters (lactones) is 1. The highest BCUT2D eigenvalue weighted by atomic mass is 19.1. The van der Waals surface area contributed by atoms with Crippen molar-refractivity contribution in [3.63, 3.8) is 0 Å². The van der Waals surface area contributed by atoms with Gasteiger partial charge < -0.3 is 35.7 Å². The number of nitrogens with one attached hydrogen (secondary N) is 4. The quantitative estimate of drug-likeness (QED) is 0.0359. The van der Waals surface area contributed by atoms with E-state index in [4.69, 9.17) is 9.72 Å². The molecular formula is C53H58FN7O11. The van der Waals surface area contributed by atoms with Gasteiger partial charge in [0.1, 0.15) is 12.4 Å². The molecule has 3 atom stereocenters. The molecule has 72 heavy (non-hydrogen) atoms. The number of aryl methyl sites for hydroxylation is 1. The molecule has 4 aliphatic rings. The predicted molar refractivity (Wildman–Crippen MR) is 259 cm³/mol. The average molecular weight is 988 g/mol. The number of halogens is 1. The fraction of sp³-hybridized carbons (Fsp3) is 0.434. The van der Waals surface area contributed by atoms with E-state index in [-0.39, 0.29) is 130 Å². The van der Waals surface area contributed by atoms with Crippen LogP contribution in [-0.4, -0.2) is 98.9 Å². The number of amides is 5. The number of aromatic nitrogens is 2. The maximum atomic E-state index is 15.4. The average Bonchev–Trinajstić information content (AvgIpc) is 3.91. The predicted octanol–water partition coefficient (Wildman–Crippen LogP) is 3.25. The van der Waals surface area contributed by atoms with E-state index in [0.717, 1.165) is 32.5 Å². The van der Waals surface area contributed by atoms with Crippen LogP contribution in [0.1, 0.15) is 116 Å². The van der Waals surface area contributed by atoms with Gasteiger partial charge in [-0.05, 0) is 73.8 Å². The summed E-state index contributed by atoms with van der Waals surface area (Å²) in [6.45, 7) is 3.78. The van der Waals surface area contributed by atoms with Crippen molar-refractivity contribution in [3.8, 4) is 11.4 Å². The van der Waals surface area contributed by atoms with E-state index in [1.807, 2.05) is 18.2 Å². The summed E-state index contributed by atoms with van der Waals surface area (Å²) in [6, 6.07) is 10.8.